The van der Waals surface area contributed by atoms with Crippen LogP contribution in [0.2, 0.25) is 0 Å². The van der Waals surface area contributed by atoms with E-state index in [1.54, 1.807) is 7.05 Å². The number of hydrogen-bond donors (Lipinski definition) is 1. The largest absolute Gasteiger partial charge is 0.330 e. The number of tetrazole rings is 1. The molecule has 0 bridgehead atoms. The van der Waals surface area contributed by atoms with E-state index >= 15 is 0 Å². The third-order valence-corrected chi connectivity index (χ3v) is 2.28. The Balaban J connectivity index is 2.43. The lowest BCUT2D eigenvalue weighted by atomic mass is 10.2. The van der Waals surface area contributed by atoms with Crippen LogP contribution in [0, 0.1) is 0 Å². The molecule has 1 aromatic rings. The van der Waals surface area contributed by atoms with Crippen LogP contribution in [0.3, 0.4) is 0 Å². The summed E-state index contributed by atoms with van der Waals surface area (Å²) in [6, 6.07) is 0.448. The summed E-state index contributed by atoms with van der Waals surface area (Å²) in [5, 5.41) is 11.8. The zero-order chi connectivity index (χ0) is 10.6. The summed E-state index contributed by atoms with van der Waals surface area (Å²) >= 11 is 0. The van der Waals surface area contributed by atoms with E-state index in [1.807, 2.05) is 7.05 Å². The average Bonchev–Trinajstić information content (AvgIpc) is 2.51. The van der Waals surface area contributed by atoms with Crippen LogP contribution in [0.4, 0.5) is 0 Å². The maximum Gasteiger partial charge on any atom is 0.188 e. The molecule has 0 fully saturated rings. The van der Waals surface area contributed by atoms with Crippen LogP contribution in [-0.4, -0.2) is 44.7 Å². The first-order valence-electron chi connectivity index (χ1n) is 4.76. The van der Waals surface area contributed by atoms with E-state index in [1.165, 1.54) is 4.80 Å². The Kier molecular flexibility index (Phi) is 3.97. The predicted octanol–water partition coefficient (Wildman–Crippen LogP) is -0.621. The Morgan fingerprint density at radius 2 is 2.29 bits per heavy atom. The van der Waals surface area contributed by atoms with Gasteiger partial charge in [-0.1, -0.05) is 0 Å². The molecule has 80 valence electrons. The molecular weight excluding hydrogens is 180 g/mol. The van der Waals surface area contributed by atoms with Crippen LogP contribution in [-0.2, 0) is 13.6 Å². The lowest BCUT2D eigenvalue weighted by Crippen LogP contribution is -2.30. The Morgan fingerprint density at radius 1 is 1.57 bits per heavy atom. The lowest BCUT2D eigenvalue weighted by Gasteiger charge is -2.22. The van der Waals surface area contributed by atoms with Crippen molar-refractivity contribution in [2.45, 2.75) is 25.9 Å². The molecule has 0 spiro atoms. The highest BCUT2D eigenvalue weighted by Gasteiger charge is 2.11. The molecule has 6 heteroatoms. The summed E-state index contributed by atoms with van der Waals surface area (Å²) in [6.45, 7) is 3.57. The van der Waals surface area contributed by atoms with Gasteiger partial charge in [-0.2, -0.15) is 4.80 Å². The summed E-state index contributed by atoms with van der Waals surface area (Å²) in [6.07, 6.45) is 0.983. The fourth-order valence-corrected chi connectivity index (χ4v) is 1.23. The van der Waals surface area contributed by atoms with Crippen molar-refractivity contribution in [1.29, 1.82) is 0 Å². The van der Waals surface area contributed by atoms with Gasteiger partial charge in [-0.15, -0.1) is 10.2 Å². The third-order valence-electron chi connectivity index (χ3n) is 2.28. The molecule has 1 rings (SSSR count). The molecule has 1 unspecified atom stereocenters. The van der Waals surface area contributed by atoms with E-state index in [2.05, 4.69) is 27.2 Å². The molecule has 0 saturated carbocycles. The van der Waals surface area contributed by atoms with Gasteiger partial charge in [0.05, 0.1) is 13.6 Å². The van der Waals surface area contributed by atoms with E-state index in [-0.39, 0.29) is 0 Å². The van der Waals surface area contributed by atoms with Crippen molar-refractivity contribution >= 4 is 0 Å². The monoisotopic (exact) mass is 198 g/mol. The Morgan fingerprint density at radius 3 is 2.79 bits per heavy atom. The summed E-state index contributed by atoms with van der Waals surface area (Å²) in [7, 11) is 3.80. The van der Waals surface area contributed by atoms with Gasteiger partial charge in [0.25, 0.3) is 0 Å². The highest BCUT2D eigenvalue weighted by atomic mass is 15.6. The van der Waals surface area contributed by atoms with Gasteiger partial charge in [-0.05, 0) is 32.2 Å². The first kappa shape index (κ1) is 11.1. The molecule has 1 heterocycles. The molecule has 0 radical (unpaired) electrons. The van der Waals surface area contributed by atoms with Gasteiger partial charge in [0.15, 0.2) is 5.82 Å². The van der Waals surface area contributed by atoms with Gasteiger partial charge in [-0.25, -0.2) is 0 Å². The van der Waals surface area contributed by atoms with Crippen molar-refractivity contribution in [3.05, 3.63) is 5.82 Å². The second-order valence-corrected chi connectivity index (χ2v) is 3.54. The molecule has 1 aromatic heterocycles. The van der Waals surface area contributed by atoms with Crippen molar-refractivity contribution in [3.63, 3.8) is 0 Å². The van der Waals surface area contributed by atoms with Crippen molar-refractivity contribution in [2.24, 2.45) is 12.8 Å². The SMILES string of the molecule is CC(CCN)N(C)Cc1nnn(C)n1. The summed E-state index contributed by atoms with van der Waals surface area (Å²) in [5.74, 6) is 0.749. The fourth-order valence-electron chi connectivity index (χ4n) is 1.23. The van der Waals surface area contributed by atoms with Crippen LogP contribution in [0.5, 0.6) is 0 Å². The van der Waals surface area contributed by atoms with Crippen molar-refractivity contribution in [2.75, 3.05) is 13.6 Å². The first-order chi connectivity index (χ1) is 6.63. The molecule has 0 aliphatic heterocycles. The van der Waals surface area contributed by atoms with Crippen molar-refractivity contribution in [3.8, 4) is 0 Å². The number of rotatable bonds is 5. The minimum atomic E-state index is 0.448. The summed E-state index contributed by atoms with van der Waals surface area (Å²) in [4.78, 5) is 3.64. The molecule has 0 amide bonds. The lowest BCUT2D eigenvalue weighted by molar-refractivity contribution is 0.234. The number of nitrogens with two attached hydrogens (primary N) is 1. The molecule has 1 atom stereocenters. The third kappa shape index (κ3) is 3.04. The number of nitrogens with zero attached hydrogens (tertiary/aromatic N) is 5. The molecule has 6 nitrogen and oxygen atoms in total. The minimum Gasteiger partial charge on any atom is -0.330 e. The molecule has 14 heavy (non-hydrogen) atoms. The zero-order valence-corrected chi connectivity index (χ0v) is 9.01. The smallest absolute Gasteiger partial charge is 0.188 e. The number of aromatic nitrogens is 4. The van der Waals surface area contributed by atoms with Crippen molar-refractivity contribution < 1.29 is 0 Å². The molecule has 0 aliphatic carbocycles. The molecule has 2 N–H and O–H groups in total. The average molecular weight is 198 g/mol. The highest BCUT2D eigenvalue weighted by Crippen LogP contribution is 2.03. The van der Waals surface area contributed by atoms with Crippen molar-refractivity contribution in [1.82, 2.24) is 25.1 Å². The Hall–Kier alpha value is -1.01. The number of hydrogen-bond acceptors (Lipinski definition) is 5. The first-order valence-corrected chi connectivity index (χ1v) is 4.76. The van der Waals surface area contributed by atoms with Gasteiger partial charge in [0.1, 0.15) is 0 Å². The van der Waals surface area contributed by atoms with E-state index in [0.717, 1.165) is 18.8 Å². The molecule has 0 aliphatic rings. The minimum absolute atomic E-state index is 0.448. The van der Waals surface area contributed by atoms with Crippen LogP contribution >= 0.6 is 0 Å². The summed E-state index contributed by atoms with van der Waals surface area (Å²) < 4.78 is 0. The quantitative estimate of drug-likeness (QED) is 0.682. The predicted molar refractivity (Wildman–Crippen MR) is 53.4 cm³/mol. The van der Waals surface area contributed by atoms with E-state index in [4.69, 9.17) is 5.73 Å². The Bertz CT molecular complexity index is 271. The van der Waals surface area contributed by atoms with Gasteiger partial charge in [-0.3, -0.25) is 4.90 Å². The highest BCUT2D eigenvalue weighted by molar-refractivity contribution is 4.78. The molecular formula is C8H18N6. The number of aryl methyl sites for hydroxylation is 1. The van der Waals surface area contributed by atoms with E-state index in [0.29, 0.717) is 12.6 Å². The maximum atomic E-state index is 5.49. The van der Waals surface area contributed by atoms with E-state index in [9.17, 15) is 0 Å². The van der Waals surface area contributed by atoms with Gasteiger partial charge >= 0.3 is 0 Å². The maximum absolute atomic E-state index is 5.49. The Labute approximate surface area is 84.1 Å². The molecule has 0 aromatic carbocycles. The van der Waals surface area contributed by atoms with E-state index < -0.39 is 0 Å². The second kappa shape index (κ2) is 5.02. The van der Waals surface area contributed by atoms with Crippen LogP contribution in [0.1, 0.15) is 19.2 Å². The standard InChI is InChI=1S/C8H18N6/c1-7(4-5-9)13(2)6-8-10-12-14(3)11-8/h7H,4-6,9H2,1-3H3. The van der Waals surface area contributed by atoms with Gasteiger partial charge in [0.2, 0.25) is 0 Å². The topological polar surface area (TPSA) is 72.9 Å². The second-order valence-electron chi connectivity index (χ2n) is 3.54. The van der Waals surface area contributed by atoms with Gasteiger partial charge < -0.3 is 5.73 Å². The fraction of sp³-hybridized carbons (Fsp3) is 0.875. The van der Waals surface area contributed by atoms with Crippen LogP contribution in [0.15, 0.2) is 0 Å². The summed E-state index contributed by atoms with van der Waals surface area (Å²) in [5.41, 5.74) is 5.49. The normalized spacial score (nSPS) is 13.5. The zero-order valence-electron chi connectivity index (χ0n) is 9.01. The molecule has 0 saturated heterocycles. The van der Waals surface area contributed by atoms with Gasteiger partial charge in [0, 0.05) is 6.04 Å². The van der Waals surface area contributed by atoms with Crippen LogP contribution < -0.4 is 5.73 Å². The van der Waals surface area contributed by atoms with Crippen LogP contribution in [0.25, 0.3) is 0 Å².